The summed E-state index contributed by atoms with van der Waals surface area (Å²) in [4.78, 5) is 0. The zero-order valence-corrected chi connectivity index (χ0v) is 12.1. The van der Waals surface area contributed by atoms with E-state index in [-0.39, 0.29) is 11.1 Å². The van der Waals surface area contributed by atoms with Crippen molar-refractivity contribution in [2.45, 2.75) is 63.5 Å². The third-order valence-corrected chi connectivity index (χ3v) is 7.87. The molecule has 3 fully saturated rings. The van der Waals surface area contributed by atoms with Gasteiger partial charge in [0.2, 0.25) is 0 Å². The van der Waals surface area contributed by atoms with Crippen LogP contribution >= 0.6 is 0 Å². The van der Waals surface area contributed by atoms with Gasteiger partial charge in [-0.25, -0.2) is 0 Å². The lowest BCUT2D eigenvalue weighted by Crippen LogP contribution is -2.51. The Bertz CT molecular complexity index is 465. The van der Waals surface area contributed by atoms with E-state index in [2.05, 4.69) is 26.0 Å². The second-order valence-corrected chi connectivity index (χ2v) is 8.14. The Hall–Kier alpha value is -0.660. The van der Waals surface area contributed by atoms with Crippen molar-refractivity contribution in [2.24, 2.45) is 39.3 Å². The molecule has 6 atom stereocenters. The minimum Gasteiger partial charge on any atom is -0.186 e. The van der Waals surface area contributed by atoms with Gasteiger partial charge in [0.05, 0.1) is 11.1 Å². The van der Waals surface area contributed by atoms with Gasteiger partial charge in [0.25, 0.3) is 0 Å². The summed E-state index contributed by atoms with van der Waals surface area (Å²) in [6.45, 7) is 4.93. The fourth-order valence-electron chi connectivity index (χ4n) is 7.21. The molecule has 0 aromatic heterocycles. The van der Waals surface area contributed by atoms with E-state index in [0.29, 0.717) is 5.41 Å². The largest absolute Gasteiger partial charge is 0.186 e. The maximum Gasteiger partial charge on any atom is 0.0905 e. The van der Waals surface area contributed by atoms with Crippen LogP contribution in [0.25, 0.3) is 0 Å². The predicted molar refractivity (Wildman–Crippen MR) is 74.9 cm³/mol. The maximum absolute atomic E-state index is 4.94. The summed E-state index contributed by atoms with van der Waals surface area (Å²) >= 11 is 0. The van der Waals surface area contributed by atoms with E-state index in [1.165, 1.54) is 38.5 Å². The highest BCUT2D eigenvalue weighted by Crippen LogP contribution is 2.77. The Morgan fingerprint density at radius 2 is 1.37 bits per heavy atom. The first-order valence-corrected chi connectivity index (χ1v) is 8.25. The zero-order valence-electron chi connectivity index (χ0n) is 12.1. The normalized spacial score (nSPS) is 59.3. The molecule has 4 aliphatic carbocycles. The van der Waals surface area contributed by atoms with Gasteiger partial charge in [-0.15, -0.1) is 0 Å². The molecule has 4 bridgehead atoms. The van der Waals surface area contributed by atoms with Gasteiger partial charge in [-0.1, -0.05) is 31.4 Å². The van der Waals surface area contributed by atoms with Crippen LogP contribution in [0, 0.1) is 29.1 Å². The molecule has 0 aromatic carbocycles. The van der Waals surface area contributed by atoms with Crippen molar-refractivity contribution in [1.82, 2.24) is 0 Å². The highest BCUT2D eigenvalue weighted by molar-refractivity contribution is 5.36. The fraction of sp³-hybridized carbons (Fsp3) is 0.882. The van der Waals surface area contributed by atoms with Crippen molar-refractivity contribution >= 4 is 0 Å². The number of hydrogen-bond donors (Lipinski definition) is 0. The average Bonchev–Trinajstić information content (AvgIpc) is 3.12. The third kappa shape index (κ3) is 0.900. The van der Waals surface area contributed by atoms with E-state index in [4.69, 9.17) is 10.2 Å². The van der Waals surface area contributed by atoms with E-state index in [1.54, 1.807) is 0 Å². The Morgan fingerprint density at radius 3 is 1.89 bits per heavy atom. The van der Waals surface area contributed by atoms with Crippen molar-refractivity contribution in [1.29, 1.82) is 0 Å². The fourth-order valence-corrected chi connectivity index (χ4v) is 7.21. The van der Waals surface area contributed by atoms with Crippen LogP contribution in [-0.2, 0) is 0 Å². The van der Waals surface area contributed by atoms with Crippen LogP contribution in [0.2, 0.25) is 0 Å². The topological polar surface area (TPSA) is 24.7 Å². The number of fused-ring (bicyclic) bond motifs is 7. The summed E-state index contributed by atoms with van der Waals surface area (Å²) in [5.74, 6) is 3.20. The molecule has 0 N–H and O–H groups in total. The van der Waals surface area contributed by atoms with E-state index in [1.807, 2.05) is 0 Å². The molecule has 0 aromatic rings. The number of hydrogen-bond acceptors (Lipinski definition) is 2. The molecule has 1 spiro atoms. The first-order valence-electron chi connectivity index (χ1n) is 8.25. The van der Waals surface area contributed by atoms with Gasteiger partial charge in [-0.3, -0.25) is 0 Å². The van der Waals surface area contributed by atoms with Gasteiger partial charge >= 0.3 is 0 Å². The smallest absolute Gasteiger partial charge is 0.0905 e. The molecular weight excluding hydrogens is 232 g/mol. The summed E-state index contributed by atoms with van der Waals surface area (Å²) < 4.78 is 0. The van der Waals surface area contributed by atoms with Crippen LogP contribution in [0.5, 0.6) is 0 Å². The Labute approximate surface area is 115 Å². The second kappa shape index (κ2) is 2.99. The lowest BCUT2D eigenvalue weighted by Gasteiger charge is -2.47. The standard InChI is InChI=1S/C17H24N2/c1-15-13-11-6-7-12(10-11)14(13)16(2,19-18-15)17(15)8-4-3-5-9-17/h6-7,11-14H,3-5,8-10H2,1-2H3/t11-,12+,13+,14-,15+,16-. The SMILES string of the molecule is C[C@]12N=N[C@](C)([C@H]3[C@@H]1[C@@H]1C=C[C@H]3C1)C21CCCCC1. The minimum absolute atomic E-state index is 0.150. The lowest BCUT2D eigenvalue weighted by atomic mass is 9.56. The molecule has 0 saturated heterocycles. The summed E-state index contributed by atoms with van der Waals surface area (Å²) in [6.07, 6.45) is 13.4. The quantitative estimate of drug-likeness (QED) is 0.575. The Balaban J connectivity index is 1.72. The number of azo groups is 1. The molecule has 0 unspecified atom stereocenters. The van der Waals surface area contributed by atoms with Crippen LogP contribution in [0.4, 0.5) is 0 Å². The summed E-state index contributed by atoms with van der Waals surface area (Å²) in [6, 6.07) is 0. The molecule has 3 saturated carbocycles. The van der Waals surface area contributed by atoms with Crippen LogP contribution in [0.3, 0.4) is 0 Å². The number of allylic oxidation sites excluding steroid dienone is 2. The van der Waals surface area contributed by atoms with Gasteiger partial charge in [-0.05, 0) is 56.8 Å². The van der Waals surface area contributed by atoms with Crippen LogP contribution in [0.1, 0.15) is 52.4 Å². The minimum atomic E-state index is 0.150. The molecule has 2 heteroatoms. The predicted octanol–water partition coefficient (Wildman–Crippen LogP) is 4.37. The van der Waals surface area contributed by atoms with Gasteiger partial charge in [-0.2, -0.15) is 10.2 Å². The van der Waals surface area contributed by atoms with Gasteiger partial charge < -0.3 is 0 Å². The van der Waals surface area contributed by atoms with Crippen LogP contribution in [0.15, 0.2) is 22.4 Å². The average molecular weight is 256 g/mol. The van der Waals surface area contributed by atoms with Crippen molar-refractivity contribution < 1.29 is 0 Å². The van der Waals surface area contributed by atoms with Gasteiger partial charge in [0.15, 0.2) is 0 Å². The maximum atomic E-state index is 4.94. The van der Waals surface area contributed by atoms with Gasteiger partial charge in [0, 0.05) is 5.41 Å². The van der Waals surface area contributed by atoms with Crippen LogP contribution in [-0.4, -0.2) is 11.1 Å². The number of nitrogens with zero attached hydrogens (tertiary/aromatic N) is 2. The monoisotopic (exact) mass is 256 g/mol. The van der Waals surface area contributed by atoms with Crippen LogP contribution < -0.4 is 0 Å². The van der Waals surface area contributed by atoms with E-state index in [9.17, 15) is 0 Å². The Morgan fingerprint density at radius 1 is 0.842 bits per heavy atom. The molecule has 2 nitrogen and oxygen atoms in total. The third-order valence-electron chi connectivity index (χ3n) is 7.87. The summed E-state index contributed by atoms with van der Waals surface area (Å²) in [7, 11) is 0. The van der Waals surface area contributed by atoms with Crippen molar-refractivity contribution in [3.05, 3.63) is 12.2 Å². The first kappa shape index (κ1) is 11.0. The molecule has 5 rings (SSSR count). The molecule has 1 aliphatic heterocycles. The van der Waals surface area contributed by atoms with Crippen molar-refractivity contribution in [2.75, 3.05) is 0 Å². The second-order valence-electron chi connectivity index (χ2n) is 8.14. The number of rotatable bonds is 0. The molecule has 19 heavy (non-hydrogen) atoms. The molecule has 0 amide bonds. The first-order chi connectivity index (χ1) is 9.12. The van der Waals surface area contributed by atoms with Gasteiger partial charge in [0.1, 0.15) is 0 Å². The lowest BCUT2D eigenvalue weighted by molar-refractivity contribution is 0.0587. The van der Waals surface area contributed by atoms with Crippen molar-refractivity contribution in [3.63, 3.8) is 0 Å². The zero-order chi connectivity index (χ0) is 12.9. The Kier molecular flexibility index (Phi) is 1.74. The molecular formula is C17H24N2. The summed E-state index contributed by atoms with van der Waals surface area (Å²) in [5.41, 5.74) is 0.699. The molecule has 5 aliphatic rings. The molecule has 102 valence electrons. The molecule has 0 radical (unpaired) electrons. The van der Waals surface area contributed by atoms with E-state index in [0.717, 1.165) is 23.7 Å². The molecule has 1 heterocycles. The summed E-state index contributed by atoms with van der Waals surface area (Å²) in [5, 5.41) is 9.87. The van der Waals surface area contributed by atoms with E-state index < -0.39 is 0 Å². The highest BCUT2D eigenvalue weighted by Gasteiger charge is 2.80. The van der Waals surface area contributed by atoms with Crippen molar-refractivity contribution in [3.8, 4) is 0 Å². The highest BCUT2D eigenvalue weighted by atomic mass is 15.3. The van der Waals surface area contributed by atoms with E-state index >= 15 is 0 Å².